The van der Waals surface area contributed by atoms with Crippen LogP contribution in [0.1, 0.15) is 52.5 Å². The molecule has 0 bridgehead atoms. The fourth-order valence-electron chi connectivity index (χ4n) is 3.45. The van der Waals surface area contributed by atoms with Crippen molar-refractivity contribution < 1.29 is 9.59 Å². The standard InChI is InChI=1S/C19H18N4O2/c1-11-4-6-12(7-5-11)17-16-13(8-19(2,3)9-14(16)25)20-18-21-15(10-24)22-23(17)18/h4-7,10H,8-9H2,1-3H3. The minimum atomic E-state index is -0.145. The van der Waals surface area contributed by atoms with E-state index in [4.69, 9.17) is 0 Å². The molecule has 0 spiro atoms. The number of nitrogens with zero attached hydrogens (tertiary/aromatic N) is 4. The Morgan fingerprint density at radius 1 is 1.12 bits per heavy atom. The predicted octanol–water partition coefficient (Wildman–Crippen LogP) is 3.07. The van der Waals surface area contributed by atoms with E-state index in [1.54, 1.807) is 0 Å². The van der Waals surface area contributed by atoms with E-state index in [1.807, 2.05) is 31.2 Å². The van der Waals surface area contributed by atoms with Crippen LogP contribution in [0, 0.1) is 12.3 Å². The third kappa shape index (κ3) is 2.54. The minimum absolute atomic E-state index is 0.0550. The third-order valence-electron chi connectivity index (χ3n) is 4.57. The van der Waals surface area contributed by atoms with Crippen molar-refractivity contribution in [2.75, 3.05) is 0 Å². The van der Waals surface area contributed by atoms with Crippen LogP contribution in [-0.4, -0.2) is 31.7 Å². The van der Waals surface area contributed by atoms with Gasteiger partial charge in [0.1, 0.15) is 0 Å². The first-order chi connectivity index (χ1) is 11.9. The van der Waals surface area contributed by atoms with E-state index in [0.29, 0.717) is 36.2 Å². The highest BCUT2D eigenvalue weighted by molar-refractivity contribution is 6.04. The van der Waals surface area contributed by atoms with Gasteiger partial charge in [0.15, 0.2) is 12.1 Å². The predicted molar refractivity (Wildman–Crippen MR) is 92.8 cm³/mol. The van der Waals surface area contributed by atoms with Gasteiger partial charge in [-0.05, 0) is 18.8 Å². The summed E-state index contributed by atoms with van der Waals surface area (Å²) in [6, 6.07) is 7.89. The van der Waals surface area contributed by atoms with E-state index in [9.17, 15) is 9.59 Å². The van der Waals surface area contributed by atoms with Crippen molar-refractivity contribution in [2.24, 2.45) is 5.41 Å². The summed E-state index contributed by atoms with van der Waals surface area (Å²) in [7, 11) is 0. The Balaban J connectivity index is 2.09. The zero-order chi connectivity index (χ0) is 17.8. The normalized spacial score (nSPS) is 16.0. The first-order valence-electron chi connectivity index (χ1n) is 8.23. The zero-order valence-corrected chi connectivity index (χ0v) is 14.4. The number of carbonyl (C=O) groups is 2. The van der Waals surface area contributed by atoms with Crippen LogP contribution in [0.5, 0.6) is 0 Å². The quantitative estimate of drug-likeness (QED) is 0.673. The van der Waals surface area contributed by atoms with Gasteiger partial charge in [0.05, 0.1) is 17.0 Å². The van der Waals surface area contributed by atoms with Gasteiger partial charge in [0.25, 0.3) is 5.78 Å². The molecule has 3 aromatic rings. The summed E-state index contributed by atoms with van der Waals surface area (Å²) in [5.74, 6) is 0.469. The molecule has 0 aliphatic heterocycles. The van der Waals surface area contributed by atoms with E-state index < -0.39 is 0 Å². The molecule has 1 aliphatic rings. The second kappa shape index (κ2) is 5.31. The summed E-state index contributed by atoms with van der Waals surface area (Å²) in [6.07, 6.45) is 1.74. The van der Waals surface area contributed by atoms with Crippen molar-refractivity contribution in [1.29, 1.82) is 0 Å². The second-order valence-electron chi connectivity index (χ2n) is 7.39. The van der Waals surface area contributed by atoms with Crippen LogP contribution in [-0.2, 0) is 6.42 Å². The Kier molecular flexibility index (Phi) is 3.32. The van der Waals surface area contributed by atoms with E-state index >= 15 is 0 Å². The van der Waals surface area contributed by atoms with Crippen molar-refractivity contribution in [3.05, 3.63) is 46.9 Å². The maximum atomic E-state index is 12.9. The molecular formula is C19H18N4O2. The van der Waals surface area contributed by atoms with Crippen LogP contribution in [0.25, 0.3) is 17.0 Å². The van der Waals surface area contributed by atoms with Gasteiger partial charge >= 0.3 is 0 Å². The first-order valence-corrected chi connectivity index (χ1v) is 8.23. The molecule has 2 aromatic heterocycles. The van der Waals surface area contributed by atoms with Crippen molar-refractivity contribution in [2.45, 2.75) is 33.6 Å². The molecule has 4 rings (SSSR count). The van der Waals surface area contributed by atoms with Gasteiger partial charge < -0.3 is 0 Å². The smallest absolute Gasteiger partial charge is 0.253 e. The topological polar surface area (TPSA) is 77.2 Å². The largest absolute Gasteiger partial charge is 0.294 e. The molecule has 126 valence electrons. The number of aryl methyl sites for hydroxylation is 1. The number of benzene rings is 1. The number of fused-ring (bicyclic) bond motifs is 2. The van der Waals surface area contributed by atoms with Crippen LogP contribution in [0.4, 0.5) is 0 Å². The van der Waals surface area contributed by atoms with Crippen LogP contribution in [0.3, 0.4) is 0 Å². The number of hydrogen-bond donors (Lipinski definition) is 0. The van der Waals surface area contributed by atoms with E-state index in [-0.39, 0.29) is 17.0 Å². The second-order valence-corrected chi connectivity index (χ2v) is 7.39. The van der Waals surface area contributed by atoms with E-state index in [0.717, 1.165) is 16.8 Å². The number of aromatic nitrogens is 4. The summed E-state index contributed by atoms with van der Waals surface area (Å²) in [6.45, 7) is 6.13. The van der Waals surface area contributed by atoms with Crippen LogP contribution >= 0.6 is 0 Å². The Bertz CT molecular complexity index is 1020. The molecule has 0 N–H and O–H groups in total. The molecule has 6 heteroatoms. The monoisotopic (exact) mass is 334 g/mol. The zero-order valence-electron chi connectivity index (χ0n) is 14.4. The van der Waals surface area contributed by atoms with Crippen LogP contribution in [0.15, 0.2) is 24.3 Å². The summed E-state index contributed by atoms with van der Waals surface area (Å²) in [5, 5.41) is 4.23. The minimum Gasteiger partial charge on any atom is -0.294 e. The van der Waals surface area contributed by atoms with Crippen LogP contribution in [0.2, 0.25) is 0 Å². The van der Waals surface area contributed by atoms with E-state index in [2.05, 4.69) is 28.9 Å². The molecule has 25 heavy (non-hydrogen) atoms. The van der Waals surface area contributed by atoms with Gasteiger partial charge in [-0.1, -0.05) is 43.7 Å². The molecule has 0 amide bonds. The SMILES string of the molecule is Cc1ccc(-c2c3c(nc4nc(C=O)nn24)CC(C)(C)CC3=O)cc1. The Morgan fingerprint density at radius 2 is 1.84 bits per heavy atom. The number of hydrogen-bond acceptors (Lipinski definition) is 5. The highest BCUT2D eigenvalue weighted by atomic mass is 16.1. The molecular weight excluding hydrogens is 316 g/mol. The lowest BCUT2D eigenvalue weighted by molar-refractivity contribution is 0.0910. The Hall–Kier alpha value is -2.89. The maximum Gasteiger partial charge on any atom is 0.253 e. The molecule has 0 saturated heterocycles. The third-order valence-corrected chi connectivity index (χ3v) is 4.57. The molecule has 0 unspecified atom stereocenters. The molecule has 0 fully saturated rings. The summed E-state index contributed by atoms with van der Waals surface area (Å²) < 4.78 is 1.52. The van der Waals surface area contributed by atoms with Gasteiger partial charge in [-0.25, -0.2) is 4.98 Å². The molecule has 0 saturated carbocycles. The van der Waals surface area contributed by atoms with E-state index in [1.165, 1.54) is 4.52 Å². The fourth-order valence-corrected chi connectivity index (χ4v) is 3.45. The Morgan fingerprint density at radius 3 is 2.52 bits per heavy atom. The molecule has 0 radical (unpaired) electrons. The highest BCUT2D eigenvalue weighted by Crippen LogP contribution is 2.38. The van der Waals surface area contributed by atoms with Gasteiger partial charge in [0, 0.05) is 12.0 Å². The molecule has 1 aromatic carbocycles. The highest BCUT2D eigenvalue weighted by Gasteiger charge is 2.35. The lowest BCUT2D eigenvalue weighted by Crippen LogP contribution is -2.29. The molecule has 1 aliphatic carbocycles. The number of Topliss-reactive ketones (excluding diaryl/α,β-unsaturated/α-hetero) is 1. The number of rotatable bonds is 2. The lowest BCUT2D eigenvalue weighted by atomic mass is 9.75. The van der Waals surface area contributed by atoms with Gasteiger partial charge in [-0.3, -0.25) is 9.59 Å². The Labute approximate surface area is 144 Å². The fraction of sp³-hybridized carbons (Fsp3) is 0.316. The number of ketones is 1. The first kappa shape index (κ1) is 15.6. The van der Waals surface area contributed by atoms with Gasteiger partial charge in [-0.2, -0.15) is 9.50 Å². The molecule has 0 atom stereocenters. The average molecular weight is 334 g/mol. The van der Waals surface area contributed by atoms with Crippen molar-refractivity contribution in [3.63, 3.8) is 0 Å². The van der Waals surface area contributed by atoms with Crippen molar-refractivity contribution >= 4 is 17.8 Å². The lowest BCUT2D eigenvalue weighted by Gasteiger charge is -2.30. The molecule has 2 heterocycles. The summed E-state index contributed by atoms with van der Waals surface area (Å²) >= 11 is 0. The maximum absolute atomic E-state index is 12.9. The number of aldehydes is 1. The summed E-state index contributed by atoms with van der Waals surface area (Å²) in [4.78, 5) is 32.8. The van der Waals surface area contributed by atoms with Gasteiger partial charge in [0.2, 0.25) is 5.82 Å². The van der Waals surface area contributed by atoms with Gasteiger partial charge in [-0.15, -0.1) is 5.10 Å². The number of carbonyl (C=O) groups excluding carboxylic acids is 2. The average Bonchev–Trinajstić information content (AvgIpc) is 2.95. The van der Waals surface area contributed by atoms with Crippen molar-refractivity contribution in [1.82, 2.24) is 19.6 Å². The summed E-state index contributed by atoms with van der Waals surface area (Å²) in [5.41, 5.74) is 3.84. The molecule has 6 nitrogen and oxygen atoms in total. The van der Waals surface area contributed by atoms with Crippen molar-refractivity contribution in [3.8, 4) is 11.3 Å². The van der Waals surface area contributed by atoms with Crippen LogP contribution < -0.4 is 0 Å².